The van der Waals surface area contributed by atoms with Gasteiger partial charge < -0.3 is 9.73 Å². The van der Waals surface area contributed by atoms with Gasteiger partial charge in [0.15, 0.2) is 0 Å². The van der Waals surface area contributed by atoms with Crippen molar-refractivity contribution < 1.29 is 8.81 Å². The van der Waals surface area contributed by atoms with Crippen molar-refractivity contribution in [1.82, 2.24) is 5.32 Å². The van der Waals surface area contributed by atoms with E-state index in [2.05, 4.69) is 12.2 Å². The van der Waals surface area contributed by atoms with Gasteiger partial charge >= 0.3 is 0 Å². The lowest BCUT2D eigenvalue weighted by Gasteiger charge is -2.18. The van der Waals surface area contributed by atoms with Gasteiger partial charge in [0.2, 0.25) is 0 Å². The van der Waals surface area contributed by atoms with E-state index in [4.69, 9.17) is 4.42 Å². The molecule has 1 aromatic carbocycles. The second-order valence-electron chi connectivity index (χ2n) is 4.86. The molecule has 0 aliphatic heterocycles. The molecule has 0 amide bonds. The molecule has 0 spiro atoms. The third kappa shape index (κ3) is 3.25. The summed E-state index contributed by atoms with van der Waals surface area (Å²) in [5.41, 5.74) is 1.65. The molecule has 108 valence electrons. The molecule has 1 heterocycles. The molecule has 0 aliphatic carbocycles. The maximum Gasteiger partial charge on any atom is 0.126 e. The molecule has 1 aromatic heterocycles. The van der Waals surface area contributed by atoms with E-state index in [1.807, 2.05) is 26.0 Å². The molecule has 1 unspecified atom stereocenters. The number of furan rings is 1. The highest BCUT2D eigenvalue weighted by molar-refractivity contribution is 7.99. The SMILES string of the molecule is CCNC(C)c1cc(F)c(C)cc1Sc1ccoc1C. The van der Waals surface area contributed by atoms with Gasteiger partial charge in [-0.3, -0.25) is 0 Å². The van der Waals surface area contributed by atoms with Gasteiger partial charge in [0, 0.05) is 10.9 Å². The fourth-order valence-corrected chi connectivity index (χ4v) is 3.25. The molecule has 1 atom stereocenters. The summed E-state index contributed by atoms with van der Waals surface area (Å²) in [5, 5.41) is 3.34. The van der Waals surface area contributed by atoms with E-state index in [0.717, 1.165) is 27.7 Å². The normalized spacial score (nSPS) is 12.7. The maximum atomic E-state index is 13.9. The highest BCUT2D eigenvalue weighted by atomic mass is 32.2. The average Bonchev–Trinajstić information content (AvgIpc) is 2.79. The van der Waals surface area contributed by atoms with Crippen LogP contribution in [0.25, 0.3) is 0 Å². The minimum absolute atomic E-state index is 0.116. The van der Waals surface area contributed by atoms with Crippen molar-refractivity contribution in [2.24, 2.45) is 0 Å². The fourth-order valence-electron chi connectivity index (χ4n) is 2.11. The maximum absolute atomic E-state index is 13.9. The standard InChI is InChI=1S/C16H20FNOS/c1-5-18-11(3)13-9-14(17)10(2)8-16(13)20-15-6-7-19-12(15)4/h6-9,11,18H,5H2,1-4H3. The van der Waals surface area contributed by atoms with Crippen LogP contribution in [0.4, 0.5) is 4.39 Å². The molecular weight excluding hydrogens is 273 g/mol. The van der Waals surface area contributed by atoms with Crippen LogP contribution in [0, 0.1) is 19.7 Å². The summed E-state index contributed by atoms with van der Waals surface area (Å²) in [6.07, 6.45) is 1.68. The van der Waals surface area contributed by atoms with Crippen LogP contribution in [-0.4, -0.2) is 6.54 Å². The Balaban J connectivity index is 2.39. The van der Waals surface area contributed by atoms with Crippen molar-refractivity contribution in [2.75, 3.05) is 6.54 Å². The van der Waals surface area contributed by atoms with Gasteiger partial charge in [-0.15, -0.1) is 0 Å². The molecule has 20 heavy (non-hydrogen) atoms. The Hall–Kier alpha value is -1.26. The Morgan fingerprint density at radius 1 is 1.30 bits per heavy atom. The molecule has 0 radical (unpaired) electrons. The summed E-state index contributed by atoms with van der Waals surface area (Å²) in [5.74, 6) is 0.733. The van der Waals surface area contributed by atoms with Crippen molar-refractivity contribution >= 4 is 11.8 Å². The average molecular weight is 293 g/mol. The van der Waals surface area contributed by atoms with Crippen LogP contribution in [-0.2, 0) is 0 Å². The van der Waals surface area contributed by atoms with E-state index >= 15 is 0 Å². The van der Waals surface area contributed by atoms with Gasteiger partial charge in [-0.25, -0.2) is 4.39 Å². The summed E-state index contributed by atoms with van der Waals surface area (Å²) in [7, 11) is 0. The molecular formula is C16H20FNOS. The minimum Gasteiger partial charge on any atom is -0.468 e. The first-order chi connectivity index (χ1) is 9.52. The van der Waals surface area contributed by atoms with Crippen molar-refractivity contribution in [2.45, 2.75) is 43.5 Å². The summed E-state index contributed by atoms with van der Waals surface area (Å²) >= 11 is 1.62. The number of hydrogen-bond acceptors (Lipinski definition) is 3. The monoisotopic (exact) mass is 293 g/mol. The Morgan fingerprint density at radius 2 is 2.05 bits per heavy atom. The van der Waals surface area contributed by atoms with Crippen LogP contribution in [0.1, 0.15) is 36.8 Å². The molecule has 2 rings (SSSR count). The van der Waals surface area contributed by atoms with Crippen molar-refractivity contribution in [1.29, 1.82) is 0 Å². The van der Waals surface area contributed by atoms with Crippen LogP contribution in [0.2, 0.25) is 0 Å². The number of halogens is 1. The molecule has 1 N–H and O–H groups in total. The van der Waals surface area contributed by atoms with Gasteiger partial charge in [-0.2, -0.15) is 0 Å². The lowest BCUT2D eigenvalue weighted by atomic mass is 10.1. The summed E-state index contributed by atoms with van der Waals surface area (Å²) < 4.78 is 19.2. The highest BCUT2D eigenvalue weighted by Crippen LogP contribution is 2.36. The van der Waals surface area contributed by atoms with Crippen LogP contribution >= 0.6 is 11.8 Å². The minimum atomic E-state index is -0.155. The van der Waals surface area contributed by atoms with Gasteiger partial charge in [0.1, 0.15) is 11.6 Å². The van der Waals surface area contributed by atoms with Crippen LogP contribution in [0.5, 0.6) is 0 Å². The predicted molar refractivity (Wildman–Crippen MR) is 80.8 cm³/mol. The number of hydrogen-bond donors (Lipinski definition) is 1. The van der Waals surface area contributed by atoms with Crippen molar-refractivity contribution in [3.8, 4) is 0 Å². The third-order valence-corrected chi connectivity index (χ3v) is 4.52. The second kappa shape index (κ2) is 6.46. The van der Waals surface area contributed by atoms with E-state index in [0.29, 0.717) is 5.56 Å². The molecule has 0 bridgehead atoms. The Morgan fingerprint density at radius 3 is 2.65 bits per heavy atom. The third-order valence-electron chi connectivity index (χ3n) is 3.30. The quantitative estimate of drug-likeness (QED) is 0.852. The smallest absolute Gasteiger partial charge is 0.126 e. The Bertz CT molecular complexity index is 594. The molecule has 0 saturated carbocycles. The van der Waals surface area contributed by atoms with Gasteiger partial charge in [0.25, 0.3) is 0 Å². The lowest BCUT2D eigenvalue weighted by Crippen LogP contribution is -2.18. The highest BCUT2D eigenvalue weighted by Gasteiger charge is 2.15. The summed E-state index contributed by atoms with van der Waals surface area (Å²) in [6, 6.07) is 5.61. The summed E-state index contributed by atoms with van der Waals surface area (Å²) in [6.45, 7) is 8.69. The first-order valence-electron chi connectivity index (χ1n) is 6.78. The largest absolute Gasteiger partial charge is 0.468 e. The van der Waals surface area contributed by atoms with Gasteiger partial charge in [-0.1, -0.05) is 18.7 Å². The van der Waals surface area contributed by atoms with Crippen molar-refractivity contribution in [3.63, 3.8) is 0 Å². The van der Waals surface area contributed by atoms with E-state index in [1.165, 1.54) is 0 Å². The first kappa shape index (κ1) is 15.1. The number of nitrogens with one attached hydrogen (secondary N) is 1. The topological polar surface area (TPSA) is 25.2 Å². The van der Waals surface area contributed by atoms with E-state index in [9.17, 15) is 4.39 Å². The number of benzene rings is 1. The number of aryl methyl sites for hydroxylation is 2. The molecule has 0 aliphatic rings. The summed E-state index contributed by atoms with van der Waals surface area (Å²) in [4.78, 5) is 2.14. The van der Waals surface area contributed by atoms with Crippen LogP contribution in [0.3, 0.4) is 0 Å². The predicted octanol–water partition coefficient (Wildman–Crippen LogP) is 4.86. The van der Waals surface area contributed by atoms with E-state index in [1.54, 1.807) is 31.0 Å². The molecule has 0 fully saturated rings. The van der Waals surface area contributed by atoms with Gasteiger partial charge in [0.05, 0.1) is 11.2 Å². The zero-order valence-corrected chi connectivity index (χ0v) is 13.1. The molecule has 0 saturated heterocycles. The fraction of sp³-hybridized carbons (Fsp3) is 0.375. The van der Waals surface area contributed by atoms with E-state index in [-0.39, 0.29) is 11.9 Å². The first-order valence-corrected chi connectivity index (χ1v) is 7.60. The van der Waals surface area contributed by atoms with Gasteiger partial charge in [-0.05, 0) is 56.6 Å². The Labute approximate surface area is 123 Å². The molecule has 2 aromatic rings. The van der Waals surface area contributed by atoms with Crippen LogP contribution < -0.4 is 5.32 Å². The second-order valence-corrected chi connectivity index (χ2v) is 5.95. The molecule has 4 heteroatoms. The zero-order chi connectivity index (χ0) is 14.7. The lowest BCUT2D eigenvalue weighted by molar-refractivity contribution is 0.527. The van der Waals surface area contributed by atoms with E-state index < -0.39 is 0 Å². The van der Waals surface area contributed by atoms with Crippen LogP contribution in [0.15, 0.2) is 38.7 Å². The zero-order valence-electron chi connectivity index (χ0n) is 12.3. The Kier molecular flexibility index (Phi) is 4.89. The van der Waals surface area contributed by atoms with Crippen molar-refractivity contribution in [3.05, 3.63) is 47.2 Å². The molecule has 2 nitrogen and oxygen atoms in total. The number of rotatable bonds is 5.